The maximum absolute atomic E-state index is 6.37. The van der Waals surface area contributed by atoms with Crippen LogP contribution in [0.2, 0.25) is 0 Å². The lowest BCUT2D eigenvalue weighted by Gasteiger charge is -2.24. The van der Waals surface area contributed by atoms with E-state index in [0.29, 0.717) is 11.8 Å². The molecule has 1 saturated heterocycles. The molecular weight excluding hydrogens is 388 g/mol. The molecule has 150 valence electrons. The molecule has 4 aromatic rings. The SMILES string of the molecule is Cc1cc(Nc2nc(OC3CCCNC3)c3c(ccn3-c3cnn(C)c3)n2)sn1. The van der Waals surface area contributed by atoms with Crippen molar-refractivity contribution in [3.63, 3.8) is 0 Å². The number of piperidine rings is 1. The number of hydrogen-bond donors (Lipinski definition) is 2. The van der Waals surface area contributed by atoms with Gasteiger partial charge in [0.2, 0.25) is 11.8 Å². The summed E-state index contributed by atoms with van der Waals surface area (Å²) < 4.78 is 14.5. The molecule has 1 aliphatic rings. The molecule has 1 aliphatic heterocycles. The van der Waals surface area contributed by atoms with Gasteiger partial charge in [0.1, 0.15) is 16.6 Å². The van der Waals surface area contributed by atoms with Crippen molar-refractivity contribution in [2.24, 2.45) is 7.05 Å². The van der Waals surface area contributed by atoms with Crippen LogP contribution < -0.4 is 15.4 Å². The first-order chi connectivity index (χ1) is 14.2. The second-order valence-electron chi connectivity index (χ2n) is 7.19. The number of fused-ring (bicyclic) bond motifs is 1. The van der Waals surface area contributed by atoms with E-state index in [-0.39, 0.29) is 6.10 Å². The van der Waals surface area contributed by atoms with Crippen LogP contribution in [0.3, 0.4) is 0 Å². The van der Waals surface area contributed by atoms with Gasteiger partial charge in [-0.15, -0.1) is 0 Å². The maximum Gasteiger partial charge on any atom is 0.244 e. The van der Waals surface area contributed by atoms with Crippen LogP contribution in [0.5, 0.6) is 5.88 Å². The van der Waals surface area contributed by atoms with E-state index in [4.69, 9.17) is 14.7 Å². The number of aromatic nitrogens is 6. The zero-order valence-corrected chi connectivity index (χ0v) is 17.1. The van der Waals surface area contributed by atoms with Crippen molar-refractivity contribution in [1.82, 2.24) is 34.0 Å². The van der Waals surface area contributed by atoms with Crippen LogP contribution in [0.15, 0.2) is 30.7 Å². The summed E-state index contributed by atoms with van der Waals surface area (Å²) in [5, 5.41) is 11.8. The predicted octanol–water partition coefficient (Wildman–Crippen LogP) is 2.79. The number of ether oxygens (including phenoxy) is 1. The Morgan fingerprint density at radius 1 is 1.34 bits per heavy atom. The van der Waals surface area contributed by atoms with Crippen molar-refractivity contribution in [2.75, 3.05) is 18.4 Å². The van der Waals surface area contributed by atoms with E-state index in [1.54, 1.807) is 4.68 Å². The van der Waals surface area contributed by atoms with Gasteiger partial charge in [-0.1, -0.05) is 0 Å². The first kappa shape index (κ1) is 18.1. The van der Waals surface area contributed by atoms with Crippen molar-refractivity contribution in [3.8, 4) is 11.6 Å². The standard InChI is InChI=1S/C19H22N8OS/c1-12-8-16(29-25-12)23-19-22-15-5-7-27(13-9-21-26(2)11-13)17(15)18(24-19)28-14-4-3-6-20-10-14/h5,7-9,11,14,20H,3-4,6,10H2,1-2H3,(H,22,23,24). The molecule has 4 aromatic heterocycles. The Hall–Kier alpha value is -2.98. The van der Waals surface area contributed by atoms with Gasteiger partial charge in [-0.2, -0.15) is 14.5 Å². The molecule has 2 N–H and O–H groups in total. The van der Waals surface area contributed by atoms with Crippen molar-refractivity contribution < 1.29 is 4.74 Å². The highest BCUT2D eigenvalue weighted by atomic mass is 32.1. The van der Waals surface area contributed by atoms with Crippen LogP contribution in [0.25, 0.3) is 16.7 Å². The molecule has 0 saturated carbocycles. The Balaban J connectivity index is 1.58. The second-order valence-corrected chi connectivity index (χ2v) is 7.99. The van der Waals surface area contributed by atoms with E-state index in [2.05, 4.69) is 20.1 Å². The predicted molar refractivity (Wildman–Crippen MR) is 112 cm³/mol. The summed E-state index contributed by atoms with van der Waals surface area (Å²) in [6.45, 7) is 3.81. The van der Waals surface area contributed by atoms with Crippen LogP contribution in [-0.2, 0) is 7.05 Å². The van der Waals surface area contributed by atoms with Gasteiger partial charge in [0, 0.05) is 26.0 Å². The topological polar surface area (TPSA) is 94.7 Å². The molecule has 9 nitrogen and oxygen atoms in total. The maximum atomic E-state index is 6.37. The zero-order valence-electron chi connectivity index (χ0n) is 16.3. The number of nitrogens with zero attached hydrogens (tertiary/aromatic N) is 6. The van der Waals surface area contributed by atoms with Crippen molar-refractivity contribution >= 4 is 33.5 Å². The van der Waals surface area contributed by atoms with E-state index < -0.39 is 0 Å². The summed E-state index contributed by atoms with van der Waals surface area (Å²) in [7, 11) is 1.90. The third-order valence-electron chi connectivity index (χ3n) is 4.86. The number of nitrogens with one attached hydrogen (secondary N) is 2. The first-order valence-electron chi connectivity index (χ1n) is 9.61. The molecule has 0 radical (unpaired) electrons. The molecule has 5 rings (SSSR count). The Morgan fingerprint density at radius 3 is 3.00 bits per heavy atom. The molecule has 0 aliphatic carbocycles. The largest absolute Gasteiger partial charge is 0.471 e. The lowest BCUT2D eigenvalue weighted by Crippen LogP contribution is -2.37. The minimum atomic E-state index is 0.0811. The fraction of sp³-hybridized carbons (Fsp3) is 0.368. The molecule has 0 aromatic carbocycles. The summed E-state index contributed by atoms with van der Waals surface area (Å²) in [5.41, 5.74) is 3.56. The van der Waals surface area contributed by atoms with Gasteiger partial charge < -0.3 is 19.9 Å². The number of rotatable bonds is 5. The van der Waals surface area contributed by atoms with Gasteiger partial charge in [-0.25, -0.2) is 4.98 Å². The van der Waals surface area contributed by atoms with Gasteiger partial charge in [0.15, 0.2) is 0 Å². The summed E-state index contributed by atoms with van der Waals surface area (Å²) in [6.07, 6.45) is 7.92. The van der Waals surface area contributed by atoms with Crippen molar-refractivity contribution in [3.05, 3.63) is 36.4 Å². The van der Waals surface area contributed by atoms with Crippen LogP contribution >= 0.6 is 11.5 Å². The van der Waals surface area contributed by atoms with E-state index in [0.717, 1.165) is 53.3 Å². The Kier molecular flexibility index (Phi) is 4.64. The summed E-state index contributed by atoms with van der Waals surface area (Å²) in [6, 6.07) is 3.95. The summed E-state index contributed by atoms with van der Waals surface area (Å²) in [5.74, 6) is 1.07. The Morgan fingerprint density at radius 2 is 2.28 bits per heavy atom. The lowest BCUT2D eigenvalue weighted by atomic mass is 10.1. The van der Waals surface area contributed by atoms with Crippen LogP contribution in [0.1, 0.15) is 18.5 Å². The van der Waals surface area contributed by atoms with Crippen LogP contribution in [0, 0.1) is 6.92 Å². The zero-order chi connectivity index (χ0) is 19.8. The fourth-order valence-electron chi connectivity index (χ4n) is 3.51. The third kappa shape index (κ3) is 3.68. The minimum absolute atomic E-state index is 0.0811. The minimum Gasteiger partial charge on any atom is -0.471 e. The van der Waals surface area contributed by atoms with E-state index in [1.807, 2.05) is 49.3 Å². The molecule has 0 bridgehead atoms. The number of hydrogen-bond acceptors (Lipinski definition) is 8. The summed E-state index contributed by atoms with van der Waals surface area (Å²) >= 11 is 1.39. The van der Waals surface area contributed by atoms with Crippen molar-refractivity contribution in [1.29, 1.82) is 0 Å². The second kappa shape index (κ2) is 7.45. The molecule has 0 amide bonds. The van der Waals surface area contributed by atoms with Gasteiger partial charge in [0.05, 0.1) is 23.1 Å². The monoisotopic (exact) mass is 410 g/mol. The molecular formula is C19H22N8OS. The molecule has 1 atom stereocenters. The number of aryl methyl sites for hydroxylation is 2. The molecule has 29 heavy (non-hydrogen) atoms. The highest BCUT2D eigenvalue weighted by molar-refractivity contribution is 7.10. The van der Waals surface area contributed by atoms with Gasteiger partial charge in [-0.05, 0) is 50.0 Å². The summed E-state index contributed by atoms with van der Waals surface area (Å²) in [4.78, 5) is 9.42. The average molecular weight is 411 g/mol. The molecule has 1 fully saturated rings. The highest BCUT2D eigenvalue weighted by Gasteiger charge is 2.21. The highest BCUT2D eigenvalue weighted by Crippen LogP contribution is 2.30. The lowest BCUT2D eigenvalue weighted by molar-refractivity contribution is 0.162. The van der Waals surface area contributed by atoms with Crippen LogP contribution in [0.4, 0.5) is 10.9 Å². The van der Waals surface area contributed by atoms with Crippen LogP contribution in [-0.4, -0.2) is 47.9 Å². The Bertz CT molecular complexity index is 1140. The quantitative estimate of drug-likeness (QED) is 0.522. The molecule has 0 spiro atoms. The smallest absolute Gasteiger partial charge is 0.244 e. The third-order valence-corrected chi connectivity index (χ3v) is 5.66. The van der Waals surface area contributed by atoms with E-state index >= 15 is 0 Å². The normalized spacial score (nSPS) is 17.0. The average Bonchev–Trinajstić information content (AvgIpc) is 3.43. The van der Waals surface area contributed by atoms with Gasteiger partial charge >= 0.3 is 0 Å². The number of anilines is 2. The van der Waals surface area contributed by atoms with E-state index in [9.17, 15) is 0 Å². The molecule has 5 heterocycles. The van der Waals surface area contributed by atoms with Crippen molar-refractivity contribution in [2.45, 2.75) is 25.9 Å². The van der Waals surface area contributed by atoms with Gasteiger partial charge in [0.25, 0.3) is 0 Å². The Labute approximate surface area is 171 Å². The fourth-order valence-corrected chi connectivity index (χ4v) is 4.17. The first-order valence-corrected chi connectivity index (χ1v) is 10.4. The molecule has 10 heteroatoms. The molecule has 1 unspecified atom stereocenters. The van der Waals surface area contributed by atoms with E-state index in [1.165, 1.54) is 11.5 Å². The van der Waals surface area contributed by atoms with Gasteiger partial charge in [-0.3, -0.25) is 4.68 Å².